The molecule has 2 N–H and O–H groups in total. The van der Waals surface area contributed by atoms with Crippen molar-refractivity contribution in [2.75, 3.05) is 19.8 Å². The Bertz CT molecular complexity index is 241. The summed E-state index contributed by atoms with van der Waals surface area (Å²) in [5, 5.41) is 11.0. The average Bonchev–Trinajstić information content (AvgIpc) is 2.26. The normalized spacial score (nSPS) is 10.6. The molecule has 0 fully saturated rings. The topological polar surface area (TPSA) is 75.6 Å². The lowest BCUT2D eigenvalue weighted by Gasteiger charge is -2.06. The van der Waals surface area contributed by atoms with E-state index in [4.69, 9.17) is 5.11 Å². The first-order valence-corrected chi connectivity index (χ1v) is 6.58. The second-order valence-electron chi connectivity index (χ2n) is 4.83. The molecular formula is C13H25NO4. The molecule has 1 amide bonds. The van der Waals surface area contributed by atoms with E-state index in [0.29, 0.717) is 6.54 Å². The molecule has 0 aliphatic rings. The van der Waals surface area contributed by atoms with E-state index < -0.39 is 12.6 Å². The molecule has 0 saturated heterocycles. The Kier molecular flexibility index (Phi) is 10.3. The van der Waals surface area contributed by atoms with E-state index in [0.717, 1.165) is 18.8 Å². The van der Waals surface area contributed by atoms with Crippen LogP contribution in [0.5, 0.6) is 0 Å². The molecule has 0 rings (SSSR count). The second kappa shape index (κ2) is 11.0. The smallest absolute Gasteiger partial charge is 0.329 e. The minimum absolute atomic E-state index is 0.181. The molecule has 0 spiro atoms. The molecule has 18 heavy (non-hydrogen) atoms. The summed E-state index contributed by atoms with van der Waals surface area (Å²) in [7, 11) is 0. The van der Waals surface area contributed by atoms with Gasteiger partial charge in [-0.2, -0.15) is 0 Å². The minimum Gasteiger partial charge on any atom is -0.480 e. The highest BCUT2D eigenvalue weighted by Crippen LogP contribution is 2.08. The second-order valence-corrected chi connectivity index (χ2v) is 4.83. The Morgan fingerprint density at radius 3 is 2.39 bits per heavy atom. The van der Waals surface area contributed by atoms with Gasteiger partial charge in [0.15, 0.2) is 0 Å². The minimum atomic E-state index is -1.06. The summed E-state index contributed by atoms with van der Waals surface area (Å²) < 4.78 is 4.67. The maximum atomic E-state index is 11.2. The third-order valence-corrected chi connectivity index (χ3v) is 2.49. The van der Waals surface area contributed by atoms with Gasteiger partial charge < -0.3 is 15.2 Å². The number of unbranched alkanes of at least 4 members (excludes halogenated alkanes) is 3. The molecule has 0 unspecified atom stereocenters. The van der Waals surface area contributed by atoms with Crippen molar-refractivity contribution >= 4 is 11.9 Å². The number of aliphatic carboxylic acids is 1. The van der Waals surface area contributed by atoms with E-state index >= 15 is 0 Å². The first-order valence-electron chi connectivity index (χ1n) is 6.58. The molecule has 0 aliphatic carbocycles. The van der Waals surface area contributed by atoms with Gasteiger partial charge in [0.2, 0.25) is 5.91 Å². The maximum Gasteiger partial charge on any atom is 0.329 e. The molecule has 0 aliphatic heterocycles. The van der Waals surface area contributed by atoms with Crippen LogP contribution in [0.2, 0.25) is 0 Å². The summed E-state index contributed by atoms with van der Waals surface area (Å²) in [4.78, 5) is 21.3. The van der Waals surface area contributed by atoms with E-state index in [2.05, 4.69) is 23.9 Å². The van der Waals surface area contributed by atoms with Crippen molar-refractivity contribution < 1.29 is 19.4 Å². The first kappa shape index (κ1) is 16.9. The number of carboxylic acids is 1. The molecule has 5 heteroatoms. The van der Waals surface area contributed by atoms with Crippen molar-refractivity contribution in [2.45, 2.75) is 46.0 Å². The predicted octanol–water partition coefficient (Wildman–Crippen LogP) is 1.81. The zero-order valence-electron chi connectivity index (χ0n) is 11.4. The van der Waals surface area contributed by atoms with E-state index in [1.807, 2.05) is 0 Å². The van der Waals surface area contributed by atoms with Gasteiger partial charge in [0.25, 0.3) is 0 Å². The number of carbonyl (C=O) groups excluding carboxylic acids is 1. The lowest BCUT2D eigenvalue weighted by molar-refractivity contribution is -0.143. The Labute approximate surface area is 109 Å². The molecule has 0 atom stereocenters. The van der Waals surface area contributed by atoms with E-state index in [1.165, 1.54) is 19.3 Å². The summed E-state index contributed by atoms with van der Waals surface area (Å²) in [5.74, 6) is -0.553. The Morgan fingerprint density at radius 2 is 1.78 bits per heavy atom. The third kappa shape index (κ3) is 13.0. The zero-order valence-corrected chi connectivity index (χ0v) is 11.4. The lowest BCUT2D eigenvalue weighted by Crippen LogP contribution is -2.29. The molecule has 106 valence electrons. The fourth-order valence-electron chi connectivity index (χ4n) is 1.54. The van der Waals surface area contributed by atoms with Crippen LogP contribution in [0.25, 0.3) is 0 Å². The Morgan fingerprint density at radius 1 is 1.11 bits per heavy atom. The Balaban J connectivity index is 3.22. The number of hydrogen-bond donors (Lipinski definition) is 2. The van der Waals surface area contributed by atoms with Gasteiger partial charge in [-0.3, -0.25) is 4.79 Å². The van der Waals surface area contributed by atoms with Crippen molar-refractivity contribution in [3.05, 3.63) is 0 Å². The molecule has 0 saturated carbocycles. The van der Waals surface area contributed by atoms with Crippen LogP contribution in [-0.2, 0) is 14.3 Å². The van der Waals surface area contributed by atoms with Gasteiger partial charge in [0, 0.05) is 6.54 Å². The summed E-state index contributed by atoms with van der Waals surface area (Å²) in [6, 6.07) is 0. The fraction of sp³-hybridized carbons (Fsp3) is 0.846. The lowest BCUT2D eigenvalue weighted by atomic mass is 10.0. The molecule has 0 heterocycles. The predicted molar refractivity (Wildman–Crippen MR) is 69.4 cm³/mol. The number of ether oxygens (including phenoxy) is 1. The van der Waals surface area contributed by atoms with E-state index in [9.17, 15) is 9.59 Å². The van der Waals surface area contributed by atoms with Crippen LogP contribution in [0.4, 0.5) is 0 Å². The standard InChI is InChI=1S/C13H25NO4/c1-11(2)7-5-3-4-6-8-14-12(15)9-18-10-13(16)17/h11H,3-10H2,1-2H3,(H,14,15)(H,16,17). The fourth-order valence-corrected chi connectivity index (χ4v) is 1.54. The van der Waals surface area contributed by atoms with Crippen LogP contribution in [-0.4, -0.2) is 36.7 Å². The summed E-state index contributed by atoms with van der Waals surface area (Å²) >= 11 is 0. The van der Waals surface area contributed by atoms with Crippen molar-refractivity contribution in [3.8, 4) is 0 Å². The van der Waals surface area contributed by atoms with Gasteiger partial charge >= 0.3 is 5.97 Å². The first-order chi connectivity index (χ1) is 8.52. The maximum absolute atomic E-state index is 11.2. The van der Waals surface area contributed by atoms with Gasteiger partial charge in [-0.15, -0.1) is 0 Å². The summed E-state index contributed by atoms with van der Waals surface area (Å²) in [6.45, 7) is 4.47. The van der Waals surface area contributed by atoms with Gasteiger partial charge in [-0.05, 0) is 12.3 Å². The third-order valence-electron chi connectivity index (χ3n) is 2.49. The largest absolute Gasteiger partial charge is 0.480 e. The molecule has 0 aromatic heterocycles. The van der Waals surface area contributed by atoms with Gasteiger partial charge in [-0.25, -0.2) is 4.79 Å². The van der Waals surface area contributed by atoms with Crippen LogP contribution in [0, 0.1) is 5.92 Å². The number of hydrogen-bond acceptors (Lipinski definition) is 3. The van der Waals surface area contributed by atoms with E-state index in [1.54, 1.807) is 0 Å². The monoisotopic (exact) mass is 259 g/mol. The number of nitrogens with one attached hydrogen (secondary N) is 1. The van der Waals surface area contributed by atoms with Gasteiger partial charge in [-0.1, -0.05) is 39.5 Å². The van der Waals surface area contributed by atoms with Gasteiger partial charge in [0.1, 0.15) is 13.2 Å². The van der Waals surface area contributed by atoms with Crippen molar-refractivity contribution in [3.63, 3.8) is 0 Å². The highest BCUT2D eigenvalue weighted by Gasteiger charge is 2.02. The quantitative estimate of drug-likeness (QED) is 0.555. The van der Waals surface area contributed by atoms with Crippen LogP contribution >= 0.6 is 0 Å². The molecule has 0 bridgehead atoms. The number of carbonyl (C=O) groups is 2. The highest BCUT2D eigenvalue weighted by molar-refractivity contribution is 5.77. The van der Waals surface area contributed by atoms with Crippen LogP contribution in [0.1, 0.15) is 46.0 Å². The number of rotatable bonds is 11. The van der Waals surface area contributed by atoms with Crippen LogP contribution in [0.15, 0.2) is 0 Å². The highest BCUT2D eigenvalue weighted by atomic mass is 16.5. The van der Waals surface area contributed by atoms with Crippen molar-refractivity contribution in [1.29, 1.82) is 0 Å². The van der Waals surface area contributed by atoms with Crippen LogP contribution < -0.4 is 5.32 Å². The average molecular weight is 259 g/mol. The SMILES string of the molecule is CC(C)CCCCCCNC(=O)COCC(=O)O. The molecule has 5 nitrogen and oxygen atoms in total. The van der Waals surface area contributed by atoms with Crippen molar-refractivity contribution in [2.24, 2.45) is 5.92 Å². The van der Waals surface area contributed by atoms with E-state index in [-0.39, 0.29) is 12.5 Å². The molecule has 0 aromatic rings. The number of amides is 1. The van der Waals surface area contributed by atoms with Crippen LogP contribution in [0.3, 0.4) is 0 Å². The Hall–Kier alpha value is -1.10. The molecular weight excluding hydrogens is 234 g/mol. The zero-order chi connectivity index (χ0) is 13.8. The molecule has 0 aromatic carbocycles. The summed E-state index contributed by atoms with van der Waals surface area (Å²) in [6.07, 6.45) is 5.78. The number of carboxylic acid groups (broad SMARTS) is 1. The molecule has 0 radical (unpaired) electrons. The van der Waals surface area contributed by atoms with Gasteiger partial charge in [0.05, 0.1) is 0 Å². The summed E-state index contributed by atoms with van der Waals surface area (Å²) in [5.41, 5.74) is 0. The van der Waals surface area contributed by atoms with Crippen molar-refractivity contribution in [1.82, 2.24) is 5.32 Å².